The molecule has 0 N–H and O–H groups in total. The largest absolute Gasteiger partial charge is 0.103 e. The van der Waals surface area contributed by atoms with Crippen molar-refractivity contribution >= 4 is 5.57 Å². The molecule has 0 bridgehead atoms. The Kier molecular flexibility index (Phi) is 42.3. The molecule has 1 aliphatic rings. The molecule has 1 saturated carbocycles. The van der Waals surface area contributed by atoms with Crippen LogP contribution in [0, 0.1) is 11.8 Å². The van der Waals surface area contributed by atoms with Gasteiger partial charge in [0.05, 0.1) is 0 Å². The zero-order valence-electron chi connectivity index (χ0n) is 40.9. The first-order chi connectivity index (χ1) is 27.2. The van der Waals surface area contributed by atoms with Gasteiger partial charge < -0.3 is 0 Å². The molecule has 2 atom stereocenters. The second-order valence-electron chi connectivity index (χ2n) is 15.8. The molecule has 324 valence electrons. The van der Waals surface area contributed by atoms with Crippen molar-refractivity contribution in [1.29, 1.82) is 0 Å². The minimum atomic E-state index is 0.538. The van der Waals surface area contributed by atoms with Crippen LogP contribution in [-0.2, 0) is 0 Å². The van der Waals surface area contributed by atoms with Gasteiger partial charge in [-0.05, 0) is 127 Å². The fourth-order valence-electron chi connectivity index (χ4n) is 6.59. The van der Waals surface area contributed by atoms with Crippen LogP contribution in [0.25, 0.3) is 5.57 Å². The number of hydrogen-bond acceptors (Lipinski definition) is 0. The molecule has 0 nitrogen and oxygen atoms in total. The van der Waals surface area contributed by atoms with Gasteiger partial charge >= 0.3 is 0 Å². The lowest BCUT2D eigenvalue weighted by Crippen LogP contribution is -2.09. The monoisotopic (exact) mass is 773 g/mol. The summed E-state index contributed by atoms with van der Waals surface area (Å²) in [4.78, 5) is 0. The van der Waals surface area contributed by atoms with Crippen LogP contribution < -0.4 is 0 Å². The van der Waals surface area contributed by atoms with Crippen molar-refractivity contribution in [3.05, 3.63) is 101 Å². The molecule has 0 aliphatic heterocycles. The Morgan fingerprint density at radius 1 is 0.750 bits per heavy atom. The van der Waals surface area contributed by atoms with E-state index >= 15 is 0 Å². The van der Waals surface area contributed by atoms with Crippen molar-refractivity contribution in [2.24, 2.45) is 11.8 Å². The molecule has 2 unspecified atom stereocenters. The predicted molar refractivity (Wildman–Crippen MR) is 264 cm³/mol. The van der Waals surface area contributed by atoms with Crippen molar-refractivity contribution in [2.75, 3.05) is 0 Å². The normalized spacial score (nSPS) is 14.0. The fourth-order valence-corrected chi connectivity index (χ4v) is 6.59. The van der Waals surface area contributed by atoms with Gasteiger partial charge in [-0.2, -0.15) is 0 Å². The second-order valence-corrected chi connectivity index (χ2v) is 15.8. The van der Waals surface area contributed by atoms with Crippen molar-refractivity contribution in [3.8, 4) is 0 Å². The average Bonchev–Trinajstić information content (AvgIpc) is 4.05. The highest BCUT2D eigenvalue weighted by Gasteiger charge is 2.25. The van der Waals surface area contributed by atoms with E-state index in [2.05, 4.69) is 144 Å². The summed E-state index contributed by atoms with van der Waals surface area (Å²) in [6.07, 6.45) is 37.5. The van der Waals surface area contributed by atoms with Gasteiger partial charge in [0, 0.05) is 0 Å². The van der Waals surface area contributed by atoms with Crippen LogP contribution in [0.4, 0.5) is 0 Å². The lowest BCUT2D eigenvalue weighted by Gasteiger charge is -2.26. The van der Waals surface area contributed by atoms with E-state index in [1.807, 2.05) is 27.7 Å². The molecule has 0 heterocycles. The maximum absolute atomic E-state index is 4.64. The first kappa shape index (κ1) is 58.0. The molecule has 2 rings (SSSR count). The third-order valence-corrected chi connectivity index (χ3v) is 10.1. The number of hydrogen-bond donors (Lipinski definition) is 0. The molecule has 1 aliphatic carbocycles. The second kappa shape index (κ2) is 40.8. The Hall–Kier alpha value is -2.34. The van der Waals surface area contributed by atoms with Crippen LogP contribution in [0.15, 0.2) is 84.5 Å². The maximum Gasteiger partial charge on any atom is -0.0125 e. The third-order valence-electron chi connectivity index (χ3n) is 10.1. The highest BCUT2D eigenvalue weighted by atomic mass is 14.3. The van der Waals surface area contributed by atoms with Crippen molar-refractivity contribution in [3.63, 3.8) is 0 Å². The summed E-state index contributed by atoms with van der Waals surface area (Å²) in [6, 6.07) is 7.60. The van der Waals surface area contributed by atoms with E-state index in [1.54, 1.807) is 11.1 Å². The van der Waals surface area contributed by atoms with Crippen LogP contribution in [0.2, 0.25) is 0 Å². The van der Waals surface area contributed by atoms with Crippen molar-refractivity contribution in [2.45, 2.75) is 238 Å². The van der Waals surface area contributed by atoms with Gasteiger partial charge in [-0.3, -0.25) is 0 Å². The first-order valence-electron chi connectivity index (χ1n) is 24.4. The van der Waals surface area contributed by atoms with Gasteiger partial charge in [0.2, 0.25) is 0 Å². The Balaban J connectivity index is -0.00000207. The Morgan fingerprint density at radius 2 is 1.36 bits per heavy atom. The summed E-state index contributed by atoms with van der Waals surface area (Å²) in [5.74, 6) is 3.08. The molecule has 1 fully saturated rings. The lowest BCUT2D eigenvalue weighted by atomic mass is 9.79. The smallest absolute Gasteiger partial charge is 0.0125 e. The summed E-state index contributed by atoms with van der Waals surface area (Å²) in [6.45, 7) is 41.5. The molecular formula is C56H100. The van der Waals surface area contributed by atoms with Gasteiger partial charge in [0.25, 0.3) is 0 Å². The Morgan fingerprint density at radius 3 is 1.84 bits per heavy atom. The molecule has 0 spiro atoms. The average molecular weight is 773 g/mol. The van der Waals surface area contributed by atoms with Crippen molar-refractivity contribution in [1.82, 2.24) is 0 Å². The minimum Gasteiger partial charge on any atom is -0.103 e. The van der Waals surface area contributed by atoms with Crippen LogP contribution >= 0.6 is 0 Å². The summed E-state index contributed by atoms with van der Waals surface area (Å²) in [5.41, 5.74) is 9.87. The first-order valence-corrected chi connectivity index (χ1v) is 24.4. The fraction of sp³-hybridized carbons (Fsp3) is 0.679. The third kappa shape index (κ3) is 27.3. The predicted octanol–water partition coefficient (Wildman–Crippen LogP) is 20.3. The van der Waals surface area contributed by atoms with E-state index in [9.17, 15) is 0 Å². The topological polar surface area (TPSA) is 0 Å². The molecule has 0 saturated heterocycles. The zero-order chi connectivity index (χ0) is 43.1. The van der Waals surface area contributed by atoms with E-state index in [0.717, 1.165) is 56.8 Å². The molecule has 0 amide bonds. The molecule has 1 aromatic rings. The minimum absolute atomic E-state index is 0.538. The quantitative estimate of drug-likeness (QED) is 0.0527. The van der Waals surface area contributed by atoms with Gasteiger partial charge in [-0.1, -0.05) is 223 Å². The van der Waals surface area contributed by atoms with E-state index in [0.29, 0.717) is 11.8 Å². The van der Waals surface area contributed by atoms with E-state index in [4.69, 9.17) is 0 Å². The highest BCUT2D eigenvalue weighted by molar-refractivity contribution is 5.78. The number of allylic oxidation sites excluding steroid dienone is 10. The molecule has 56 heavy (non-hydrogen) atoms. The van der Waals surface area contributed by atoms with Gasteiger partial charge in [0.1, 0.15) is 0 Å². The van der Waals surface area contributed by atoms with Crippen LogP contribution in [0.5, 0.6) is 0 Å². The molecule has 0 aromatic heterocycles. The summed E-state index contributed by atoms with van der Waals surface area (Å²) in [5, 5.41) is 0. The summed E-state index contributed by atoms with van der Waals surface area (Å²) < 4.78 is 0. The molecular weight excluding hydrogens is 673 g/mol. The highest BCUT2D eigenvalue weighted by Crippen LogP contribution is 2.42. The summed E-state index contributed by atoms with van der Waals surface area (Å²) in [7, 11) is 0. The standard InChI is InChI=1S/C44H68.C5H12.C3H8.2C2H6/c1-9-16-19-26-40(33-43(35(8)20-12-4)39(24-17-10-2)25-18-11-3)41-31-32-42(38(23-15-7)30-29-36-27-28-36)44(34-41)37(21-13-5)22-14-6;1-4-5(2)3;1-3-2;2*1-2/h13,17,24-26,31-34,36-38H,5,8-12,14-16,18-23,27-30H2,1-4,6-7H3;5H,4H2,1-3H3;3H2,1-2H3;2*1-2H3/b24-17-,39-25+,40-26+,43-33+;;;;. The maximum atomic E-state index is 4.64. The molecule has 0 radical (unpaired) electrons. The van der Waals surface area contributed by atoms with Gasteiger partial charge in [0.15, 0.2) is 0 Å². The van der Waals surface area contributed by atoms with Crippen molar-refractivity contribution < 1.29 is 0 Å². The van der Waals surface area contributed by atoms with Crippen LogP contribution in [0.1, 0.15) is 254 Å². The lowest BCUT2D eigenvalue weighted by molar-refractivity contribution is 0.512. The SMILES string of the molecule is C=CCC(CCC)c1cc(C(/C=C(C(=C)CCC)/C(/C=C\CC)=C/CCC)=C/CCCC)ccc1C(CCC)CCC1CC1.CC.CC.CCC.CCC(C)C. The van der Waals surface area contributed by atoms with Gasteiger partial charge in [-0.25, -0.2) is 0 Å². The number of benzene rings is 1. The Bertz CT molecular complexity index is 1180. The number of unbranched alkanes of at least 4 members (excludes halogenated alkanes) is 3. The van der Waals surface area contributed by atoms with E-state index in [-0.39, 0.29) is 0 Å². The number of rotatable bonds is 25. The zero-order valence-corrected chi connectivity index (χ0v) is 40.9. The van der Waals surface area contributed by atoms with E-state index < -0.39 is 0 Å². The van der Waals surface area contributed by atoms with Crippen LogP contribution in [0.3, 0.4) is 0 Å². The molecule has 1 aromatic carbocycles. The Labute approximate surface area is 355 Å². The summed E-state index contributed by atoms with van der Waals surface area (Å²) >= 11 is 0. The van der Waals surface area contributed by atoms with Crippen LogP contribution in [-0.4, -0.2) is 0 Å². The van der Waals surface area contributed by atoms with Gasteiger partial charge in [-0.15, -0.1) is 6.58 Å². The van der Waals surface area contributed by atoms with E-state index in [1.165, 1.54) is 105 Å². The molecule has 0 heteroatoms.